The summed E-state index contributed by atoms with van der Waals surface area (Å²) in [5.74, 6) is 0. The number of hydrogen-bond acceptors (Lipinski definition) is 4. The second kappa shape index (κ2) is 15.8. The number of amides is 1. The molecule has 2 heterocycles. The quantitative estimate of drug-likeness (QED) is 0.634. The van der Waals surface area contributed by atoms with E-state index >= 15 is 0 Å². The molecule has 3 N–H and O–H groups in total. The minimum absolute atomic E-state index is 0.135. The van der Waals surface area contributed by atoms with E-state index in [0.717, 1.165) is 11.4 Å². The van der Waals surface area contributed by atoms with Gasteiger partial charge in [-0.1, -0.05) is 40.3 Å². The van der Waals surface area contributed by atoms with Crippen LogP contribution in [0.2, 0.25) is 0 Å². The fraction of sp³-hybridized carbons (Fsp3) is 0.609. The van der Waals surface area contributed by atoms with Gasteiger partial charge in [-0.3, -0.25) is 0 Å². The topological polar surface area (TPSA) is 85.8 Å². The predicted octanol–water partition coefficient (Wildman–Crippen LogP) is 5.09. The van der Waals surface area contributed by atoms with E-state index in [0.29, 0.717) is 13.0 Å². The highest BCUT2D eigenvalue weighted by molar-refractivity contribution is 5.68. The Morgan fingerprint density at radius 3 is 2.14 bits per heavy atom. The van der Waals surface area contributed by atoms with Crippen molar-refractivity contribution in [3.05, 3.63) is 36.2 Å². The van der Waals surface area contributed by atoms with Crippen LogP contribution in [0.15, 0.2) is 24.8 Å². The van der Waals surface area contributed by atoms with Crippen LogP contribution in [-0.2, 0) is 4.74 Å². The standard InChI is InChI=1S/C10H19NO4.C9H11N.2C2H6/c1-10(2,3)15-9(14)11-5-4-7(12)8(13)6-11;1-3-5-9-7-6-8(4-2)10-9;2*1-2/h7-8,12-13H,4-6H2,1-3H3;3-7,10H,2H2,1H3;2*1-2H3/b;5-3-;;. The first-order valence-electron chi connectivity index (χ1n) is 10.4. The van der Waals surface area contributed by atoms with E-state index in [4.69, 9.17) is 4.74 Å². The molecule has 0 bridgehead atoms. The average Bonchev–Trinajstić information content (AvgIpc) is 3.14. The number of ether oxygens (including phenoxy) is 1. The molecule has 0 saturated carbocycles. The van der Waals surface area contributed by atoms with Crippen molar-refractivity contribution in [3.8, 4) is 0 Å². The minimum Gasteiger partial charge on any atom is -0.444 e. The fourth-order valence-electron chi connectivity index (χ4n) is 2.24. The van der Waals surface area contributed by atoms with Gasteiger partial charge in [-0.15, -0.1) is 0 Å². The van der Waals surface area contributed by atoms with Gasteiger partial charge in [0, 0.05) is 17.9 Å². The van der Waals surface area contributed by atoms with E-state index < -0.39 is 23.9 Å². The molecule has 6 nitrogen and oxygen atoms in total. The highest BCUT2D eigenvalue weighted by atomic mass is 16.6. The maximum absolute atomic E-state index is 11.6. The second-order valence-electron chi connectivity index (χ2n) is 6.92. The smallest absolute Gasteiger partial charge is 0.410 e. The molecule has 2 rings (SSSR count). The molecule has 0 aliphatic carbocycles. The van der Waals surface area contributed by atoms with Gasteiger partial charge in [0.2, 0.25) is 0 Å². The van der Waals surface area contributed by atoms with Crippen molar-refractivity contribution in [3.63, 3.8) is 0 Å². The molecule has 1 fully saturated rings. The van der Waals surface area contributed by atoms with Crippen molar-refractivity contribution in [2.75, 3.05) is 13.1 Å². The molecule has 2 atom stereocenters. The maximum atomic E-state index is 11.6. The third-order valence-corrected chi connectivity index (χ3v) is 3.50. The van der Waals surface area contributed by atoms with Crippen LogP contribution in [0.3, 0.4) is 0 Å². The van der Waals surface area contributed by atoms with Gasteiger partial charge in [-0.05, 0) is 58.4 Å². The Labute approximate surface area is 177 Å². The number of H-pyrrole nitrogens is 1. The SMILES string of the molecule is C=Cc1ccc(/C=C\C)[nH]1.CC.CC.CC(C)(C)OC(=O)N1CCC(O)C(O)C1. The first-order valence-corrected chi connectivity index (χ1v) is 10.4. The average molecular weight is 411 g/mol. The van der Waals surface area contributed by atoms with Crippen LogP contribution in [0.25, 0.3) is 12.2 Å². The summed E-state index contributed by atoms with van der Waals surface area (Å²) in [4.78, 5) is 16.2. The van der Waals surface area contributed by atoms with Crippen LogP contribution < -0.4 is 0 Å². The summed E-state index contributed by atoms with van der Waals surface area (Å²) in [6, 6.07) is 4.03. The van der Waals surface area contributed by atoms with Gasteiger partial charge in [-0.25, -0.2) is 4.79 Å². The molecule has 168 valence electrons. The van der Waals surface area contributed by atoms with Gasteiger partial charge in [0.25, 0.3) is 0 Å². The zero-order valence-corrected chi connectivity index (χ0v) is 19.5. The Morgan fingerprint density at radius 2 is 1.72 bits per heavy atom. The van der Waals surface area contributed by atoms with E-state index in [-0.39, 0.29) is 6.54 Å². The Balaban J connectivity index is 0. The van der Waals surface area contributed by atoms with Crippen molar-refractivity contribution in [1.29, 1.82) is 0 Å². The molecule has 1 amide bonds. The van der Waals surface area contributed by atoms with Crippen LogP contribution in [0.1, 0.15) is 73.2 Å². The second-order valence-corrected chi connectivity index (χ2v) is 6.92. The number of aliphatic hydroxyl groups excluding tert-OH is 2. The van der Waals surface area contributed by atoms with Gasteiger partial charge < -0.3 is 24.8 Å². The number of allylic oxidation sites excluding steroid dienone is 1. The number of likely N-dealkylation sites (tertiary alicyclic amines) is 1. The van der Waals surface area contributed by atoms with Gasteiger partial charge in [0.1, 0.15) is 5.60 Å². The number of β-amino-alcohol motifs (C(OH)–C–C–N with tert-alkyl or cyclic N) is 1. The molecule has 2 unspecified atom stereocenters. The minimum atomic E-state index is -0.869. The van der Waals surface area contributed by atoms with Crippen LogP contribution in [0.5, 0.6) is 0 Å². The molecule has 0 radical (unpaired) electrons. The molecular weight excluding hydrogens is 368 g/mol. The van der Waals surface area contributed by atoms with E-state index in [9.17, 15) is 15.0 Å². The summed E-state index contributed by atoms with van der Waals surface area (Å²) in [5, 5.41) is 18.7. The van der Waals surface area contributed by atoms with Crippen molar-refractivity contribution in [2.24, 2.45) is 0 Å². The summed E-state index contributed by atoms with van der Waals surface area (Å²) in [6.45, 7) is 19.6. The number of nitrogens with zero attached hydrogens (tertiary/aromatic N) is 1. The van der Waals surface area contributed by atoms with Gasteiger partial charge in [-0.2, -0.15) is 0 Å². The molecule has 1 aromatic rings. The van der Waals surface area contributed by atoms with Crippen molar-refractivity contribution >= 4 is 18.2 Å². The highest BCUT2D eigenvalue weighted by Crippen LogP contribution is 2.15. The van der Waals surface area contributed by atoms with E-state index in [2.05, 4.69) is 11.6 Å². The number of carbonyl (C=O) groups excluding carboxylic acids is 1. The van der Waals surface area contributed by atoms with Crippen LogP contribution >= 0.6 is 0 Å². The maximum Gasteiger partial charge on any atom is 0.410 e. The molecular formula is C23H42N2O4. The number of aromatic nitrogens is 1. The molecule has 0 spiro atoms. The van der Waals surface area contributed by atoms with E-state index in [1.807, 2.05) is 58.9 Å². The Kier molecular flexibility index (Phi) is 15.9. The zero-order valence-electron chi connectivity index (χ0n) is 19.5. The zero-order chi connectivity index (χ0) is 23.0. The van der Waals surface area contributed by atoms with Crippen molar-refractivity contribution in [1.82, 2.24) is 9.88 Å². The number of aliphatic hydroxyl groups is 2. The lowest BCUT2D eigenvalue weighted by Crippen LogP contribution is -2.50. The summed E-state index contributed by atoms with van der Waals surface area (Å²) < 4.78 is 5.15. The molecule has 6 heteroatoms. The van der Waals surface area contributed by atoms with Crippen molar-refractivity contribution in [2.45, 2.75) is 79.6 Å². The molecule has 1 aromatic heterocycles. The van der Waals surface area contributed by atoms with Gasteiger partial charge in [0.05, 0.1) is 18.8 Å². The Morgan fingerprint density at radius 1 is 1.17 bits per heavy atom. The third kappa shape index (κ3) is 12.9. The summed E-state index contributed by atoms with van der Waals surface area (Å²) >= 11 is 0. The predicted molar refractivity (Wildman–Crippen MR) is 123 cm³/mol. The Bertz CT molecular complexity index is 588. The molecule has 1 saturated heterocycles. The summed E-state index contributed by atoms with van der Waals surface area (Å²) in [7, 11) is 0. The van der Waals surface area contributed by atoms with E-state index in [1.165, 1.54) is 4.90 Å². The first kappa shape index (κ1) is 29.2. The number of aromatic amines is 1. The Hall–Kier alpha value is -2.05. The van der Waals surface area contributed by atoms with Gasteiger partial charge >= 0.3 is 6.09 Å². The first-order chi connectivity index (χ1) is 13.7. The number of nitrogens with one attached hydrogen (secondary N) is 1. The molecule has 1 aliphatic heterocycles. The lowest BCUT2D eigenvalue weighted by Gasteiger charge is -2.34. The third-order valence-electron chi connectivity index (χ3n) is 3.50. The van der Waals surface area contributed by atoms with E-state index in [1.54, 1.807) is 26.8 Å². The normalized spacial score (nSPS) is 18.3. The molecule has 1 aliphatic rings. The van der Waals surface area contributed by atoms with Crippen LogP contribution in [0, 0.1) is 0 Å². The van der Waals surface area contributed by atoms with Crippen LogP contribution in [-0.4, -0.2) is 57.1 Å². The lowest BCUT2D eigenvalue weighted by atomic mass is 10.1. The number of rotatable bonds is 2. The largest absolute Gasteiger partial charge is 0.444 e. The molecule has 29 heavy (non-hydrogen) atoms. The molecule has 0 aromatic carbocycles. The number of hydrogen-bond donors (Lipinski definition) is 3. The number of piperidine rings is 1. The number of carbonyl (C=O) groups is 1. The monoisotopic (exact) mass is 410 g/mol. The summed E-state index contributed by atoms with van der Waals surface area (Å²) in [6.07, 6.45) is 4.17. The highest BCUT2D eigenvalue weighted by Gasteiger charge is 2.31. The lowest BCUT2D eigenvalue weighted by molar-refractivity contribution is -0.0468. The fourth-order valence-corrected chi connectivity index (χ4v) is 2.24. The van der Waals surface area contributed by atoms with Gasteiger partial charge in [0.15, 0.2) is 0 Å². The van der Waals surface area contributed by atoms with Crippen molar-refractivity contribution < 1.29 is 19.7 Å². The summed E-state index contributed by atoms with van der Waals surface area (Å²) in [5.41, 5.74) is 1.66. The van der Waals surface area contributed by atoms with Crippen LogP contribution in [0.4, 0.5) is 4.79 Å².